The Kier molecular flexibility index (Phi) is 4.24. The van der Waals surface area contributed by atoms with Crippen LogP contribution in [0.2, 0.25) is 0 Å². The zero-order chi connectivity index (χ0) is 21.6. The molecule has 3 heterocycles. The van der Waals surface area contributed by atoms with E-state index in [-0.39, 0.29) is 12.6 Å². The first-order valence-corrected chi connectivity index (χ1v) is 9.95. The second-order valence-electron chi connectivity index (χ2n) is 8.17. The highest BCUT2D eigenvalue weighted by atomic mass is 16.5. The van der Waals surface area contributed by atoms with Gasteiger partial charge in [-0.2, -0.15) is 0 Å². The van der Waals surface area contributed by atoms with Gasteiger partial charge in [0.25, 0.3) is 6.02 Å². The minimum Gasteiger partial charge on any atom is -0.462 e. The predicted molar refractivity (Wildman–Crippen MR) is 118 cm³/mol. The predicted octanol–water partition coefficient (Wildman–Crippen LogP) is 3.57. The maximum atomic E-state index is 9.96. The van der Waals surface area contributed by atoms with Gasteiger partial charge in [-0.25, -0.2) is 4.99 Å². The molecule has 2 aliphatic rings. The van der Waals surface area contributed by atoms with Crippen LogP contribution in [-0.4, -0.2) is 28.3 Å². The first kappa shape index (κ1) is 19.2. The van der Waals surface area contributed by atoms with Crippen molar-refractivity contribution in [1.29, 1.82) is 0 Å². The molecule has 0 aliphatic carbocycles. The summed E-state index contributed by atoms with van der Waals surface area (Å²) in [4.78, 5) is 8.95. The van der Waals surface area contributed by atoms with Crippen LogP contribution < -0.4 is 10.5 Å². The van der Waals surface area contributed by atoms with E-state index < -0.39 is 11.1 Å². The molecule has 1 spiro atoms. The van der Waals surface area contributed by atoms with E-state index in [2.05, 4.69) is 22.9 Å². The molecule has 3 aromatic rings. The quantitative estimate of drug-likeness (QED) is 0.598. The second kappa shape index (κ2) is 6.86. The van der Waals surface area contributed by atoms with Crippen molar-refractivity contribution in [1.82, 2.24) is 4.98 Å². The zero-order valence-electron chi connectivity index (χ0n) is 17.2. The molecule has 0 fully saturated rings. The summed E-state index contributed by atoms with van der Waals surface area (Å²) >= 11 is 0. The summed E-state index contributed by atoms with van der Waals surface area (Å²) in [6, 6.07) is 15.7. The summed E-state index contributed by atoms with van der Waals surface area (Å²) in [6.45, 7) is 3.56. The lowest BCUT2D eigenvalue weighted by molar-refractivity contribution is 0.143. The van der Waals surface area contributed by atoms with Gasteiger partial charge in [0.2, 0.25) is 0 Å². The molecule has 0 saturated heterocycles. The lowest BCUT2D eigenvalue weighted by Crippen LogP contribution is -2.31. The standard InChI is InChI=1S/C25H21N3O3/c1-24(2,29)10-9-16-5-7-21-19(12-16)25(15-30-23(26)28-25)20-13-17(6-8-22(20)31-21)18-4-3-11-27-14-18/h3-8,11-14,29H,15H2,1-2H3,(H2,26,28)/t25-/m0/s1. The average molecular weight is 411 g/mol. The number of nitrogens with zero attached hydrogens (tertiary/aromatic N) is 2. The number of aliphatic imine (C=N–C) groups is 1. The summed E-state index contributed by atoms with van der Waals surface area (Å²) in [6.07, 6.45) is 3.56. The molecule has 2 aromatic carbocycles. The van der Waals surface area contributed by atoms with Gasteiger partial charge in [-0.05, 0) is 55.8 Å². The Morgan fingerprint density at radius 1 is 1.06 bits per heavy atom. The molecule has 5 rings (SSSR count). The Bertz CT molecular complexity index is 1270. The second-order valence-corrected chi connectivity index (χ2v) is 8.17. The summed E-state index contributed by atoms with van der Waals surface area (Å²) in [5.41, 5.74) is 8.48. The van der Waals surface area contributed by atoms with Crippen molar-refractivity contribution in [3.8, 4) is 34.5 Å². The number of aliphatic hydroxyl groups is 1. The van der Waals surface area contributed by atoms with Gasteiger partial charge in [-0.1, -0.05) is 24.0 Å². The van der Waals surface area contributed by atoms with Crippen molar-refractivity contribution in [2.24, 2.45) is 10.7 Å². The van der Waals surface area contributed by atoms with Crippen molar-refractivity contribution < 1.29 is 14.6 Å². The fourth-order valence-electron chi connectivity index (χ4n) is 3.87. The van der Waals surface area contributed by atoms with E-state index in [1.807, 2.05) is 48.7 Å². The maximum Gasteiger partial charge on any atom is 0.283 e. The number of benzene rings is 2. The molecule has 154 valence electrons. The van der Waals surface area contributed by atoms with Gasteiger partial charge >= 0.3 is 0 Å². The summed E-state index contributed by atoms with van der Waals surface area (Å²) in [7, 11) is 0. The number of ether oxygens (including phenoxy) is 2. The van der Waals surface area contributed by atoms with Crippen LogP contribution in [0.25, 0.3) is 11.1 Å². The lowest BCUT2D eigenvalue weighted by Gasteiger charge is -2.33. The van der Waals surface area contributed by atoms with Gasteiger partial charge < -0.3 is 20.3 Å². The Morgan fingerprint density at radius 2 is 1.84 bits per heavy atom. The molecular weight excluding hydrogens is 390 g/mol. The topological polar surface area (TPSA) is 90.0 Å². The van der Waals surface area contributed by atoms with E-state index in [4.69, 9.17) is 20.2 Å². The first-order chi connectivity index (χ1) is 14.8. The van der Waals surface area contributed by atoms with Crippen LogP contribution in [0.1, 0.15) is 30.5 Å². The van der Waals surface area contributed by atoms with Crippen molar-refractivity contribution in [3.05, 3.63) is 77.6 Å². The van der Waals surface area contributed by atoms with Crippen LogP contribution in [0.4, 0.5) is 0 Å². The van der Waals surface area contributed by atoms with E-state index in [1.165, 1.54) is 0 Å². The summed E-state index contributed by atoms with van der Waals surface area (Å²) in [5, 5.41) is 9.96. The maximum absolute atomic E-state index is 9.96. The molecular formula is C25H21N3O3. The van der Waals surface area contributed by atoms with Gasteiger partial charge in [-0.3, -0.25) is 4.98 Å². The fourth-order valence-corrected chi connectivity index (χ4v) is 3.87. The zero-order valence-corrected chi connectivity index (χ0v) is 17.2. The third-order valence-electron chi connectivity index (χ3n) is 5.31. The van der Waals surface area contributed by atoms with Crippen LogP contribution >= 0.6 is 0 Å². The van der Waals surface area contributed by atoms with Crippen LogP contribution in [-0.2, 0) is 10.3 Å². The Balaban J connectivity index is 1.69. The van der Waals surface area contributed by atoms with Crippen LogP contribution in [0.15, 0.2) is 65.9 Å². The molecule has 0 amide bonds. The number of fused-ring (bicyclic) bond motifs is 4. The average Bonchev–Trinajstić information content (AvgIpc) is 3.15. The number of hydrogen-bond donors (Lipinski definition) is 2. The van der Waals surface area contributed by atoms with Crippen molar-refractivity contribution in [3.63, 3.8) is 0 Å². The normalized spacial score (nSPS) is 18.7. The molecule has 0 unspecified atom stereocenters. The lowest BCUT2D eigenvalue weighted by atomic mass is 9.80. The Morgan fingerprint density at radius 3 is 2.52 bits per heavy atom. The van der Waals surface area contributed by atoms with Crippen LogP contribution in [0.3, 0.4) is 0 Å². The molecule has 31 heavy (non-hydrogen) atoms. The SMILES string of the molecule is CC(C)(O)C#Cc1ccc2c(c1)[C@@]1(COC(N)=N1)c1cc(-c3cccnc3)ccc1O2. The van der Waals surface area contributed by atoms with E-state index in [9.17, 15) is 5.11 Å². The first-order valence-electron chi connectivity index (χ1n) is 9.95. The van der Waals surface area contributed by atoms with Crippen LogP contribution in [0.5, 0.6) is 11.5 Å². The van der Waals surface area contributed by atoms with Gasteiger partial charge in [0.05, 0.1) is 0 Å². The Hall–Kier alpha value is -3.82. The number of rotatable bonds is 1. The molecule has 1 atom stereocenters. The number of hydrogen-bond acceptors (Lipinski definition) is 6. The van der Waals surface area contributed by atoms with Crippen LogP contribution in [0, 0.1) is 11.8 Å². The highest BCUT2D eigenvalue weighted by Gasteiger charge is 2.47. The molecule has 2 aliphatic heterocycles. The van der Waals surface area contributed by atoms with E-state index in [0.717, 1.165) is 27.8 Å². The monoisotopic (exact) mass is 411 g/mol. The van der Waals surface area contributed by atoms with Gasteiger partial charge in [0.15, 0.2) is 5.54 Å². The molecule has 0 radical (unpaired) electrons. The molecule has 6 heteroatoms. The fraction of sp³-hybridized carbons (Fsp3) is 0.200. The largest absolute Gasteiger partial charge is 0.462 e. The van der Waals surface area contributed by atoms with E-state index in [1.54, 1.807) is 20.0 Å². The van der Waals surface area contributed by atoms with Gasteiger partial charge in [0.1, 0.15) is 23.7 Å². The van der Waals surface area contributed by atoms with Gasteiger partial charge in [0, 0.05) is 34.6 Å². The van der Waals surface area contributed by atoms with Crippen molar-refractivity contribution >= 4 is 6.02 Å². The highest BCUT2D eigenvalue weighted by Crippen LogP contribution is 2.51. The number of amidine groups is 1. The molecule has 6 nitrogen and oxygen atoms in total. The van der Waals surface area contributed by atoms with Crippen molar-refractivity contribution in [2.75, 3.05) is 6.61 Å². The molecule has 1 aromatic heterocycles. The number of pyridine rings is 1. The summed E-state index contributed by atoms with van der Waals surface area (Å²) in [5.74, 6) is 7.26. The highest BCUT2D eigenvalue weighted by molar-refractivity contribution is 5.78. The van der Waals surface area contributed by atoms with Crippen molar-refractivity contribution in [2.45, 2.75) is 25.0 Å². The van der Waals surface area contributed by atoms with Gasteiger partial charge in [-0.15, -0.1) is 0 Å². The number of aromatic nitrogens is 1. The smallest absolute Gasteiger partial charge is 0.283 e. The third kappa shape index (κ3) is 3.39. The van der Waals surface area contributed by atoms with E-state index >= 15 is 0 Å². The number of nitrogens with two attached hydrogens (primary N) is 1. The minimum absolute atomic E-state index is 0.138. The molecule has 0 saturated carbocycles. The van der Waals surface area contributed by atoms with E-state index in [0.29, 0.717) is 11.5 Å². The Labute approximate surface area is 180 Å². The summed E-state index contributed by atoms with van der Waals surface area (Å²) < 4.78 is 11.9. The third-order valence-corrected chi connectivity index (χ3v) is 5.31. The molecule has 0 bridgehead atoms. The molecule has 3 N–H and O–H groups in total. The minimum atomic E-state index is -1.09.